The van der Waals surface area contributed by atoms with Crippen molar-refractivity contribution in [1.82, 2.24) is 10.2 Å². The van der Waals surface area contributed by atoms with Crippen molar-refractivity contribution in [2.45, 2.75) is 31.0 Å². The van der Waals surface area contributed by atoms with E-state index in [-0.39, 0.29) is 26.0 Å². The summed E-state index contributed by atoms with van der Waals surface area (Å²) in [5, 5.41) is 21.3. The molecule has 1 aromatic carbocycles. The van der Waals surface area contributed by atoms with Crippen LogP contribution in [0.5, 0.6) is 0 Å². The van der Waals surface area contributed by atoms with Crippen molar-refractivity contribution < 1.29 is 28.8 Å². The van der Waals surface area contributed by atoms with Crippen LogP contribution in [-0.2, 0) is 16.0 Å². The summed E-state index contributed by atoms with van der Waals surface area (Å²) >= 11 is 0. The molecule has 2 amide bonds. The quantitative estimate of drug-likeness (QED) is 0.482. The maximum atomic E-state index is 13.6. The molecular weight excluding hydrogens is 342 g/mol. The lowest BCUT2D eigenvalue weighted by atomic mass is 9.76. The summed E-state index contributed by atoms with van der Waals surface area (Å²) in [5.41, 5.74) is 0.810. The molecule has 1 aliphatic rings. The largest absolute Gasteiger partial charge is 0.475 e. The van der Waals surface area contributed by atoms with Crippen LogP contribution in [0.15, 0.2) is 43.0 Å². The van der Waals surface area contributed by atoms with Gasteiger partial charge in [-0.3, -0.25) is 4.79 Å². The number of nitrogens with one attached hydrogen (secondary N) is 1. The zero-order valence-corrected chi connectivity index (χ0v) is 14.3. The van der Waals surface area contributed by atoms with Crippen molar-refractivity contribution in [3.63, 3.8) is 0 Å². The molecule has 1 aliphatic heterocycles. The van der Waals surface area contributed by atoms with Crippen LogP contribution >= 0.6 is 0 Å². The molecule has 0 aromatic heterocycles. The van der Waals surface area contributed by atoms with E-state index in [1.54, 1.807) is 24.3 Å². The number of benzene rings is 1. The van der Waals surface area contributed by atoms with Gasteiger partial charge in [0.2, 0.25) is 5.91 Å². The van der Waals surface area contributed by atoms with Gasteiger partial charge in [0, 0.05) is 6.42 Å². The minimum absolute atomic E-state index is 0.0630. The van der Waals surface area contributed by atoms with E-state index in [0.29, 0.717) is 0 Å². The molecule has 0 spiro atoms. The fourth-order valence-corrected chi connectivity index (χ4v) is 2.87. The first-order valence-corrected chi connectivity index (χ1v) is 8.31. The third-order valence-corrected chi connectivity index (χ3v) is 4.19. The summed E-state index contributed by atoms with van der Waals surface area (Å²) < 4.78 is 18.6. The lowest BCUT2D eigenvalue weighted by molar-refractivity contribution is -0.127. The minimum atomic E-state index is -1.77. The third-order valence-electron chi connectivity index (χ3n) is 4.19. The predicted molar refractivity (Wildman–Crippen MR) is 93.8 cm³/mol. The van der Waals surface area contributed by atoms with E-state index in [9.17, 15) is 24.0 Å². The normalized spacial score (nSPS) is 20.3. The van der Waals surface area contributed by atoms with Crippen molar-refractivity contribution in [2.75, 3.05) is 13.2 Å². The van der Waals surface area contributed by atoms with Gasteiger partial charge in [-0.05, 0) is 18.1 Å². The molecule has 7 nitrogen and oxygen atoms in total. The molecule has 3 atom stereocenters. The highest BCUT2D eigenvalue weighted by molar-refractivity contribution is 6.43. The summed E-state index contributed by atoms with van der Waals surface area (Å²) in [6.07, 6.45) is -0.690. The van der Waals surface area contributed by atoms with E-state index in [0.717, 1.165) is 11.6 Å². The number of alkyl carbamates (subject to hydrolysis) is 1. The van der Waals surface area contributed by atoms with Crippen molar-refractivity contribution in [3.8, 4) is 0 Å². The van der Waals surface area contributed by atoms with E-state index < -0.39 is 37.3 Å². The van der Waals surface area contributed by atoms with Gasteiger partial charge in [0.1, 0.15) is 12.8 Å². The maximum absolute atomic E-state index is 13.6. The Hall–Kier alpha value is -2.39. The van der Waals surface area contributed by atoms with Crippen LogP contribution in [0.25, 0.3) is 0 Å². The maximum Gasteiger partial charge on any atom is 0.475 e. The number of carbonyl (C=O) groups excluding carboxylic acids is 2. The number of nitrogens with zero attached hydrogens (tertiary/aromatic N) is 1. The zero-order chi connectivity index (χ0) is 19.1. The number of amides is 2. The topological polar surface area (TPSA) is 99.1 Å². The number of halogens is 1. The van der Waals surface area contributed by atoms with Crippen molar-refractivity contribution in [1.29, 1.82) is 0 Å². The molecule has 140 valence electrons. The van der Waals surface area contributed by atoms with E-state index in [4.69, 9.17) is 4.74 Å². The number of likely N-dealkylation sites (tertiary alicyclic amines) is 1. The summed E-state index contributed by atoms with van der Waals surface area (Å²) in [4.78, 5) is 24.9. The van der Waals surface area contributed by atoms with E-state index in [1.807, 2.05) is 6.07 Å². The van der Waals surface area contributed by atoms with Crippen LogP contribution in [0, 0.1) is 0 Å². The Morgan fingerprint density at radius 1 is 1.42 bits per heavy atom. The Balaban J connectivity index is 1.87. The van der Waals surface area contributed by atoms with Gasteiger partial charge in [0.05, 0.1) is 18.5 Å². The number of rotatable bonds is 7. The second-order valence-corrected chi connectivity index (χ2v) is 6.13. The molecule has 0 aliphatic carbocycles. The zero-order valence-electron chi connectivity index (χ0n) is 14.3. The van der Waals surface area contributed by atoms with E-state index in [1.165, 1.54) is 4.90 Å². The number of hydrogen-bond acceptors (Lipinski definition) is 5. The van der Waals surface area contributed by atoms with Gasteiger partial charge in [0.15, 0.2) is 0 Å². The summed E-state index contributed by atoms with van der Waals surface area (Å²) in [7, 11) is -1.77. The number of carbonyl (C=O) groups is 2. The van der Waals surface area contributed by atoms with Crippen molar-refractivity contribution >= 4 is 19.1 Å². The van der Waals surface area contributed by atoms with Gasteiger partial charge in [-0.25, -0.2) is 9.18 Å². The third kappa shape index (κ3) is 5.57. The van der Waals surface area contributed by atoms with Crippen molar-refractivity contribution in [3.05, 3.63) is 48.6 Å². The lowest BCUT2D eigenvalue weighted by Gasteiger charge is -2.23. The first kappa shape index (κ1) is 19.9. The molecule has 1 fully saturated rings. The van der Waals surface area contributed by atoms with Crippen LogP contribution in [0.4, 0.5) is 9.18 Å². The molecule has 9 heteroatoms. The van der Waals surface area contributed by atoms with Gasteiger partial charge in [-0.2, -0.15) is 0 Å². The molecule has 1 heterocycles. The van der Waals surface area contributed by atoms with E-state index in [2.05, 4.69) is 11.9 Å². The highest BCUT2D eigenvalue weighted by Crippen LogP contribution is 2.21. The fourth-order valence-electron chi connectivity index (χ4n) is 2.87. The number of hydrogen-bond donors (Lipinski definition) is 3. The molecular formula is C17H22BFN2O5. The second-order valence-electron chi connectivity index (χ2n) is 6.13. The van der Waals surface area contributed by atoms with Crippen LogP contribution in [0.1, 0.15) is 12.0 Å². The van der Waals surface area contributed by atoms with Gasteiger partial charge in [0.25, 0.3) is 0 Å². The molecule has 0 saturated carbocycles. The van der Waals surface area contributed by atoms with Crippen LogP contribution < -0.4 is 5.32 Å². The molecule has 0 unspecified atom stereocenters. The molecule has 0 bridgehead atoms. The van der Waals surface area contributed by atoms with E-state index >= 15 is 0 Å². The summed E-state index contributed by atoms with van der Waals surface area (Å²) in [5.74, 6) is -1.39. The molecule has 1 aromatic rings. The Bertz CT molecular complexity index is 631. The molecule has 2 rings (SSSR count). The number of alkyl halides is 1. The highest BCUT2D eigenvalue weighted by Gasteiger charge is 2.35. The second kappa shape index (κ2) is 9.35. The first-order chi connectivity index (χ1) is 12.4. The standard InChI is InChI=1S/C17H22BFN2O5/c1-2-16(22)21-10-13(19)9-14(21)11-26-17(23)20-15(18(24)25)8-12-6-4-3-5-7-12/h2-7,13-15,24-25H,1,8-11H2,(H,20,23)/t13-,14+,15-/m0/s1. The van der Waals surface area contributed by atoms with Crippen LogP contribution in [0.2, 0.25) is 0 Å². The molecule has 26 heavy (non-hydrogen) atoms. The van der Waals surface area contributed by atoms with Gasteiger partial charge >= 0.3 is 13.2 Å². The smallest absolute Gasteiger partial charge is 0.447 e. The Morgan fingerprint density at radius 3 is 2.73 bits per heavy atom. The summed E-state index contributed by atoms with van der Waals surface area (Å²) in [6.45, 7) is 3.12. The Labute approximate surface area is 151 Å². The van der Waals surface area contributed by atoms with Gasteiger partial charge in [-0.1, -0.05) is 36.9 Å². The monoisotopic (exact) mass is 364 g/mol. The molecule has 3 N–H and O–H groups in total. The van der Waals surface area contributed by atoms with Crippen LogP contribution in [-0.4, -0.2) is 65.4 Å². The first-order valence-electron chi connectivity index (χ1n) is 8.31. The highest BCUT2D eigenvalue weighted by atomic mass is 19.1. The fraction of sp³-hybridized carbons (Fsp3) is 0.412. The van der Waals surface area contributed by atoms with Gasteiger partial charge < -0.3 is 25.0 Å². The molecule has 0 radical (unpaired) electrons. The van der Waals surface area contributed by atoms with Gasteiger partial charge in [-0.15, -0.1) is 0 Å². The molecule has 1 saturated heterocycles. The summed E-state index contributed by atoms with van der Waals surface area (Å²) in [6, 6.07) is 8.43. The number of ether oxygens (including phenoxy) is 1. The predicted octanol–water partition coefficient (Wildman–Crippen LogP) is 0.461. The SMILES string of the molecule is C=CC(=O)N1C[C@@H](F)C[C@@H]1COC(=O)N[C@@H](Cc1ccccc1)B(O)O. The Morgan fingerprint density at radius 2 is 2.12 bits per heavy atom. The lowest BCUT2D eigenvalue weighted by Crippen LogP contribution is -2.48. The Kier molecular flexibility index (Phi) is 7.17. The average Bonchev–Trinajstić information content (AvgIpc) is 3.00. The minimum Gasteiger partial charge on any atom is -0.447 e. The average molecular weight is 364 g/mol. The van der Waals surface area contributed by atoms with Crippen LogP contribution in [0.3, 0.4) is 0 Å². The van der Waals surface area contributed by atoms with Crippen molar-refractivity contribution in [2.24, 2.45) is 0 Å².